The summed E-state index contributed by atoms with van der Waals surface area (Å²) in [5.41, 5.74) is 2.76. The van der Waals surface area contributed by atoms with Gasteiger partial charge in [-0.1, -0.05) is 0 Å². The second kappa shape index (κ2) is 4.31. The van der Waals surface area contributed by atoms with Gasteiger partial charge in [-0.3, -0.25) is 0 Å². The Morgan fingerprint density at radius 2 is 2.38 bits per heavy atom. The van der Waals surface area contributed by atoms with E-state index >= 15 is 0 Å². The van der Waals surface area contributed by atoms with Crippen molar-refractivity contribution in [1.82, 2.24) is 5.32 Å². The number of rotatable bonds is 1. The van der Waals surface area contributed by atoms with Crippen LogP contribution in [0.15, 0.2) is 5.38 Å². The Bertz CT molecular complexity index is 287. The lowest BCUT2D eigenvalue weighted by molar-refractivity contribution is 0.253. The minimum Gasteiger partial charge on any atom is -0.482 e. The molecule has 0 radical (unpaired) electrons. The van der Waals surface area contributed by atoms with Crippen LogP contribution in [0.3, 0.4) is 0 Å². The summed E-state index contributed by atoms with van der Waals surface area (Å²) in [4.78, 5) is 0. The predicted molar refractivity (Wildman–Crippen MR) is 58.4 cm³/mol. The average Bonchev–Trinajstić information content (AvgIpc) is 2.47. The number of hydrogen-bond donors (Lipinski definition) is 1. The van der Waals surface area contributed by atoms with Crippen LogP contribution in [0.25, 0.3) is 0 Å². The molecule has 1 N–H and O–H groups in total. The SMILES string of the molecule is CNC1COc2scc(C)c2C1.Cl. The molecule has 2 nitrogen and oxygen atoms in total. The highest BCUT2D eigenvalue weighted by Gasteiger charge is 2.21. The summed E-state index contributed by atoms with van der Waals surface area (Å²) >= 11 is 1.71. The van der Waals surface area contributed by atoms with Gasteiger partial charge in [-0.25, -0.2) is 0 Å². The molecular formula is C9H14ClNOS. The van der Waals surface area contributed by atoms with Crippen LogP contribution in [0, 0.1) is 6.92 Å². The molecule has 0 saturated heterocycles. The molecule has 1 unspecified atom stereocenters. The minimum atomic E-state index is 0. The van der Waals surface area contributed by atoms with E-state index in [1.807, 2.05) is 7.05 Å². The van der Waals surface area contributed by atoms with E-state index in [4.69, 9.17) is 4.74 Å². The van der Waals surface area contributed by atoms with Crippen molar-refractivity contribution in [3.8, 4) is 5.06 Å². The average molecular weight is 220 g/mol. The maximum atomic E-state index is 5.60. The topological polar surface area (TPSA) is 21.3 Å². The lowest BCUT2D eigenvalue weighted by Gasteiger charge is -2.22. The van der Waals surface area contributed by atoms with Gasteiger partial charge in [-0.05, 0) is 31.3 Å². The zero-order valence-electron chi connectivity index (χ0n) is 7.79. The van der Waals surface area contributed by atoms with Gasteiger partial charge in [0.05, 0.1) is 0 Å². The predicted octanol–water partition coefficient (Wildman–Crippen LogP) is 2.00. The van der Waals surface area contributed by atoms with Gasteiger partial charge in [-0.15, -0.1) is 23.7 Å². The van der Waals surface area contributed by atoms with Crippen molar-refractivity contribution in [2.45, 2.75) is 19.4 Å². The second-order valence-electron chi connectivity index (χ2n) is 3.19. The number of hydrogen-bond acceptors (Lipinski definition) is 3. The van der Waals surface area contributed by atoms with Crippen molar-refractivity contribution in [3.05, 3.63) is 16.5 Å². The molecular weight excluding hydrogens is 206 g/mol. The maximum Gasteiger partial charge on any atom is 0.177 e. The monoisotopic (exact) mass is 219 g/mol. The quantitative estimate of drug-likeness (QED) is 0.780. The van der Waals surface area contributed by atoms with Crippen molar-refractivity contribution in [3.63, 3.8) is 0 Å². The highest BCUT2D eigenvalue weighted by atomic mass is 35.5. The van der Waals surface area contributed by atoms with Crippen molar-refractivity contribution in [2.24, 2.45) is 0 Å². The molecule has 4 heteroatoms. The largest absolute Gasteiger partial charge is 0.482 e. The molecule has 0 spiro atoms. The van der Waals surface area contributed by atoms with Crippen molar-refractivity contribution >= 4 is 23.7 Å². The van der Waals surface area contributed by atoms with E-state index in [0.717, 1.165) is 18.1 Å². The lowest BCUT2D eigenvalue weighted by atomic mass is 10.0. The number of nitrogens with one attached hydrogen (secondary N) is 1. The highest BCUT2D eigenvalue weighted by Crippen LogP contribution is 2.33. The van der Waals surface area contributed by atoms with Crippen LogP contribution in [0.5, 0.6) is 5.06 Å². The number of aryl methyl sites for hydroxylation is 1. The molecule has 1 aliphatic rings. The summed E-state index contributed by atoms with van der Waals surface area (Å²) in [6, 6.07) is 0.491. The summed E-state index contributed by atoms with van der Waals surface area (Å²) in [7, 11) is 1.99. The van der Waals surface area contributed by atoms with E-state index in [-0.39, 0.29) is 12.4 Å². The third-order valence-corrected chi connectivity index (χ3v) is 3.39. The van der Waals surface area contributed by atoms with E-state index in [0.29, 0.717) is 6.04 Å². The van der Waals surface area contributed by atoms with Gasteiger partial charge in [0.15, 0.2) is 5.06 Å². The van der Waals surface area contributed by atoms with Gasteiger partial charge >= 0.3 is 0 Å². The molecule has 0 amide bonds. The second-order valence-corrected chi connectivity index (χ2v) is 4.03. The Morgan fingerprint density at radius 1 is 1.62 bits per heavy atom. The van der Waals surface area contributed by atoms with E-state index in [2.05, 4.69) is 17.6 Å². The Kier molecular flexibility index (Phi) is 3.59. The number of likely N-dealkylation sites (N-methyl/N-ethyl adjacent to an activating group) is 1. The molecule has 0 saturated carbocycles. The third-order valence-electron chi connectivity index (χ3n) is 2.34. The van der Waals surface area contributed by atoms with Crippen LogP contribution in [0.4, 0.5) is 0 Å². The number of halogens is 1. The number of thiophene rings is 1. The molecule has 1 atom stereocenters. The van der Waals surface area contributed by atoms with Crippen molar-refractivity contribution in [2.75, 3.05) is 13.7 Å². The first-order chi connectivity index (χ1) is 5.81. The van der Waals surface area contributed by atoms with Crippen LogP contribution in [-0.2, 0) is 6.42 Å². The van der Waals surface area contributed by atoms with Crippen LogP contribution >= 0.6 is 23.7 Å². The summed E-state index contributed by atoms with van der Waals surface area (Å²) in [5, 5.41) is 6.53. The fourth-order valence-electron chi connectivity index (χ4n) is 1.48. The summed E-state index contributed by atoms with van der Waals surface area (Å²) < 4.78 is 5.60. The first kappa shape index (κ1) is 10.8. The minimum absolute atomic E-state index is 0. The van der Waals surface area contributed by atoms with Gasteiger partial charge in [0, 0.05) is 11.6 Å². The van der Waals surface area contributed by atoms with E-state index < -0.39 is 0 Å². The smallest absolute Gasteiger partial charge is 0.177 e. The molecule has 74 valence electrons. The summed E-state index contributed by atoms with van der Waals surface area (Å²) in [5.74, 6) is 0. The molecule has 13 heavy (non-hydrogen) atoms. The lowest BCUT2D eigenvalue weighted by Crippen LogP contribution is -2.36. The van der Waals surface area contributed by atoms with E-state index in [1.165, 1.54) is 11.1 Å². The third kappa shape index (κ3) is 1.98. The molecule has 1 aliphatic heterocycles. The molecule has 2 heterocycles. The van der Waals surface area contributed by atoms with Gasteiger partial charge in [0.2, 0.25) is 0 Å². The van der Waals surface area contributed by atoms with Crippen LogP contribution in [0.2, 0.25) is 0 Å². The molecule has 1 aromatic heterocycles. The van der Waals surface area contributed by atoms with Gasteiger partial charge in [-0.2, -0.15) is 0 Å². The Balaban J connectivity index is 0.000000845. The number of fused-ring (bicyclic) bond motifs is 1. The highest BCUT2D eigenvalue weighted by molar-refractivity contribution is 7.12. The Morgan fingerprint density at radius 3 is 3.08 bits per heavy atom. The van der Waals surface area contributed by atoms with E-state index in [9.17, 15) is 0 Å². The van der Waals surface area contributed by atoms with Gasteiger partial charge in [0.25, 0.3) is 0 Å². The summed E-state index contributed by atoms with van der Waals surface area (Å²) in [6.45, 7) is 2.96. The normalized spacial score (nSPS) is 20.0. The molecule has 0 fully saturated rings. The maximum absolute atomic E-state index is 5.60. The van der Waals surface area contributed by atoms with Crippen molar-refractivity contribution in [1.29, 1.82) is 0 Å². The number of ether oxygens (including phenoxy) is 1. The van der Waals surface area contributed by atoms with Crippen LogP contribution in [-0.4, -0.2) is 19.7 Å². The fourth-order valence-corrected chi connectivity index (χ4v) is 2.43. The van der Waals surface area contributed by atoms with Gasteiger partial charge < -0.3 is 10.1 Å². The first-order valence-electron chi connectivity index (χ1n) is 4.18. The molecule has 0 aliphatic carbocycles. The molecule has 0 aromatic carbocycles. The molecule has 2 rings (SSSR count). The zero-order valence-corrected chi connectivity index (χ0v) is 9.43. The zero-order chi connectivity index (χ0) is 8.55. The van der Waals surface area contributed by atoms with Gasteiger partial charge in [0.1, 0.15) is 6.61 Å². The van der Waals surface area contributed by atoms with Crippen LogP contribution in [0.1, 0.15) is 11.1 Å². The Hall–Kier alpha value is -0.250. The van der Waals surface area contributed by atoms with Crippen LogP contribution < -0.4 is 10.1 Å². The first-order valence-corrected chi connectivity index (χ1v) is 5.06. The standard InChI is InChI=1S/C9H13NOS.ClH/c1-6-5-12-9-8(6)3-7(10-2)4-11-9;/h5,7,10H,3-4H2,1-2H3;1H. The molecule has 0 bridgehead atoms. The van der Waals surface area contributed by atoms with E-state index in [1.54, 1.807) is 11.3 Å². The molecule has 1 aromatic rings. The Labute approximate surface area is 88.7 Å². The van der Waals surface area contributed by atoms with Crippen molar-refractivity contribution < 1.29 is 4.74 Å². The summed E-state index contributed by atoms with van der Waals surface area (Å²) in [6.07, 6.45) is 1.11. The fraction of sp³-hybridized carbons (Fsp3) is 0.556.